The molecule has 0 radical (unpaired) electrons. The number of allylic oxidation sites excluding steroid dienone is 1. The predicted molar refractivity (Wildman–Crippen MR) is 57.2 cm³/mol. The van der Waals surface area contributed by atoms with Gasteiger partial charge in [-0.3, -0.25) is 0 Å². The summed E-state index contributed by atoms with van der Waals surface area (Å²) >= 11 is 0. The topological polar surface area (TPSA) is 28.0 Å². The SMILES string of the molecule is CC1C=CC2=C(CCN(C)CC2)N=N1. The zero-order valence-corrected chi connectivity index (χ0v) is 8.90. The molecule has 3 nitrogen and oxygen atoms in total. The van der Waals surface area contributed by atoms with Crippen molar-refractivity contribution in [2.75, 3.05) is 20.1 Å². The van der Waals surface area contributed by atoms with Gasteiger partial charge < -0.3 is 4.90 Å². The van der Waals surface area contributed by atoms with Crippen molar-refractivity contribution < 1.29 is 0 Å². The van der Waals surface area contributed by atoms with Crippen LogP contribution in [0.15, 0.2) is 33.7 Å². The fourth-order valence-corrected chi connectivity index (χ4v) is 1.77. The van der Waals surface area contributed by atoms with Gasteiger partial charge in [-0.15, -0.1) is 0 Å². The highest BCUT2D eigenvalue weighted by atomic mass is 15.1. The first-order valence-corrected chi connectivity index (χ1v) is 5.25. The van der Waals surface area contributed by atoms with Crippen LogP contribution in [0, 0.1) is 0 Å². The van der Waals surface area contributed by atoms with Crippen LogP contribution in [0.2, 0.25) is 0 Å². The molecule has 0 fully saturated rings. The van der Waals surface area contributed by atoms with Gasteiger partial charge in [0.1, 0.15) is 0 Å². The molecule has 0 amide bonds. The van der Waals surface area contributed by atoms with Crippen molar-refractivity contribution >= 4 is 0 Å². The fourth-order valence-electron chi connectivity index (χ4n) is 1.77. The molecule has 0 aliphatic carbocycles. The molecule has 2 heterocycles. The average Bonchev–Trinajstić information content (AvgIpc) is 2.44. The summed E-state index contributed by atoms with van der Waals surface area (Å²) in [6, 6.07) is 0.236. The molecule has 0 aromatic carbocycles. The van der Waals surface area contributed by atoms with Gasteiger partial charge in [0.2, 0.25) is 0 Å². The maximum atomic E-state index is 4.34. The first-order chi connectivity index (χ1) is 6.75. The first kappa shape index (κ1) is 9.59. The molecular formula is C11H17N3. The van der Waals surface area contributed by atoms with Crippen LogP contribution in [0.25, 0.3) is 0 Å². The lowest BCUT2D eigenvalue weighted by Crippen LogP contribution is -2.19. The van der Waals surface area contributed by atoms with Crippen molar-refractivity contribution in [2.24, 2.45) is 10.2 Å². The molecule has 14 heavy (non-hydrogen) atoms. The highest BCUT2D eigenvalue weighted by Gasteiger charge is 2.14. The van der Waals surface area contributed by atoms with Gasteiger partial charge in [0, 0.05) is 19.5 Å². The summed E-state index contributed by atoms with van der Waals surface area (Å²) in [4.78, 5) is 2.35. The van der Waals surface area contributed by atoms with Crippen molar-refractivity contribution in [3.63, 3.8) is 0 Å². The standard InChI is InChI=1S/C11H17N3/c1-9-3-4-10-5-7-14(2)8-6-11(10)13-12-9/h3-4,9H,5-8H2,1-2H3. The summed E-state index contributed by atoms with van der Waals surface area (Å²) in [6.45, 7) is 4.30. The van der Waals surface area contributed by atoms with Gasteiger partial charge in [-0.25, -0.2) is 0 Å². The fraction of sp³-hybridized carbons (Fsp3) is 0.636. The molecule has 0 aromatic heterocycles. The summed E-state index contributed by atoms with van der Waals surface area (Å²) in [7, 11) is 2.16. The van der Waals surface area contributed by atoms with Crippen molar-refractivity contribution in [1.82, 2.24) is 4.90 Å². The van der Waals surface area contributed by atoms with E-state index >= 15 is 0 Å². The van der Waals surface area contributed by atoms with E-state index in [-0.39, 0.29) is 6.04 Å². The number of hydrogen-bond acceptors (Lipinski definition) is 3. The molecular weight excluding hydrogens is 174 g/mol. The van der Waals surface area contributed by atoms with E-state index in [4.69, 9.17) is 0 Å². The van der Waals surface area contributed by atoms with E-state index in [0.717, 1.165) is 25.9 Å². The Balaban J connectivity index is 2.21. The minimum absolute atomic E-state index is 0.236. The van der Waals surface area contributed by atoms with Gasteiger partial charge in [-0.1, -0.05) is 12.2 Å². The second-order valence-electron chi connectivity index (χ2n) is 4.09. The van der Waals surface area contributed by atoms with Gasteiger partial charge in [0.25, 0.3) is 0 Å². The Hall–Kier alpha value is -0.960. The maximum Gasteiger partial charge on any atom is 0.0868 e. The van der Waals surface area contributed by atoms with Crippen LogP contribution >= 0.6 is 0 Å². The van der Waals surface area contributed by atoms with Gasteiger partial charge in [0.05, 0.1) is 11.7 Å². The molecule has 2 rings (SSSR count). The molecule has 2 aliphatic rings. The number of nitrogens with zero attached hydrogens (tertiary/aromatic N) is 3. The van der Waals surface area contributed by atoms with Crippen molar-refractivity contribution in [3.05, 3.63) is 23.4 Å². The van der Waals surface area contributed by atoms with Crippen LogP contribution in [-0.4, -0.2) is 31.1 Å². The van der Waals surface area contributed by atoms with E-state index in [2.05, 4.69) is 41.3 Å². The van der Waals surface area contributed by atoms with E-state index in [1.54, 1.807) is 0 Å². The molecule has 0 bridgehead atoms. The summed E-state index contributed by atoms with van der Waals surface area (Å²) in [6.07, 6.45) is 6.48. The zero-order chi connectivity index (χ0) is 9.97. The quantitative estimate of drug-likeness (QED) is 0.577. The van der Waals surface area contributed by atoms with Gasteiger partial charge in [-0.05, 0) is 26.0 Å². The van der Waals surface area contributed by atoms with Crippen LogP contribution in [-0.2, 0) is 0 Å². The van der Waals surface area contributed by atoms with Crippen molar-refractivity contribution in [1.29, 1.82) is 0 Å². The van der Waals surface area contributed by atoms with E-state index < -0.39 is 0 Å². The largest absolute Gasteiger partial charge is 0.306 e. The molecule has 1 atom stereocenters. The zero-order valence-electron chi connectivity index (χ0n) is 8.90. The van der Waals surface area contributed by atoms with Gasteiger partial charge >= 0.3 is 0 Å². The predicted octanol–water partition coefficient (Wildman–Crippen LogP) is 2.38. The Bertz CT molecular complexity index is 274. The Morgan fingerprint density at radius 2 is 2.14 bits per heavy atom. The van der Waals surface area contributed by atoms with Crippen LogP contribution in [0.3, 0.4) is 0 Å². The summed E-state index contributed by atoms with van der Waals surface area (Å²) in [5.74, 6) is 0. The van der Waals surface area contributed by atoms with Gasteiger partial charge in [0.15, 0.2) is 0 Å². The second-order valence-corrected chi connectivity index (χ2v) is 4.09. The lowest BCUT2D eigenvalue weighted by molar-refractivity contribution is 0.351. The normalized spacial score (nSPS) is 28.6. The summed E-state index contributed by atoms with van der Waals surface area (Å²) in [5.41, 5.74) is 2.57. The lowest BCUT2D eigenvalue weighted by atomic mass is 10.1. The molecule has 0 saturated heterocycles. The third kappa shape index (κ3) is 2.10. The minimum atomic E-state index is 0.236. The minimum Gasteiger partial charge on any atom is -0.306 e. The Morgan fingerprint density at radius 3 is 3.00 bits per heavy atom. The number of hydrogen-bond donors (Lipinski definition) is 0. The molecule has 0 N–H and O–H groups in total. The average molecular weight is 191 g/mol. The highest BCUT2D eigenvalue weighted by molar-refractivity contribution is 5.28. The van der Waals surface area contributed by atoms with Crippen LogP contribution in [0.4, 0.5) is 0 Å². The van der Waals surface area contributed by atoms with Crippen LogP contribution < -0.4 is 0 Å². The van der Waals surface area contributed by atoms with E-state index in [1.807, 2.05) is 0 Å². The van der Waals surface area contributed by atoms with E-state index in [1.165, 1.54) is 11.3 Å². The third-order valence-corrected chi connectivity index (χ3v) is 2.80. The molecule has 0 aromatic rings. The van der Waals surface area contributed by atoms with E-state index in [0.29, 0.717) is 0 Å². The van der Waals surface area contributed by atoms with Gasteiger partial charge in [-0.2, -0.15) is 10.2 Å². The van der Waals surface area contributed by atoms with Crippen molar-refractivity contribution in [2.45, 2.75) is 25.8 Å². The first-order valence-electron chi connectivity index (χ1n) is 5.25. The summed E-state index contributed by atoms with van der Waals surface area (Å²) < 4.78 is 0. The third-order valence-electron chi connectivity index (χ3n) is 2.80. The van der Waals surface area contributed by atoms with Crippen LogP contribution in [0.5, 0.6) is 0 Å². The maximum absolute atomic E-state index is 4.34. The smallest absolute Gasteiger partial charge is 0.0868 e. The summed E-state index contributed by atoms with van der Waals surface area (Å²) in [5, 5.41) is 8.57. The highest BCUT2D eigenvalue weighted by Crippen LogP contribution is 2.23. The lowest BCUT2D eigenvalue weighted by Gasteiger charge is -2.11. The molecule has 2 aliphatic heterocycles. The number of rotatable bonds is 0. The van der Waals surface area contributed by atoms with E-state index in [9.17, 15) is 0 Å². The molecule has 76 valence electrons. The molecule has 0 spiro atoms. The molecule has 3 heteroatoms. The van der Waals surface area contributed by atoms with Crippen LogP contribution in [0.1, 0.15) is 19.8 Å². The second kappa shape index (κ2) is 4.05. The Kier molecular flexibility index (Phi) is 2.77. The molecule has 0 saturated carbocycles. The Labute approximate surface area is 85.2 Å². The Morgan fingerprint density at radius 1 is 1.36 bits per heavy atom. The molecule has 1 unspecified atom stereocenters. The van der Waals surface area contributed by atoms with Crippen molar-refractivity contribution in [3.8, 4) is 0 Å². The monoisotopic (exact) mass is 191 g/mol. The number of azo groups is 1.